The van der Waals surface area contributed by atoms with Crippen LogP contribution in [-0.2, 0) is 11.2 Å². The summed E-state index contributed by atoms with van der Waals surface area (Å²) in [5.41, 5.74) is 6.42. The molecule has 1 aromatic carbocycles. The fourth-order valence-electron chi connectivity index (χ4n) is 1.18. The Bertz CT molecular complexity index is 338. The Hall–Kier alpha value is -1.42. The maximum Gasteiger partial charge on any atom is 0.220 e. The quantitative estimate of drug-likeness (QED) is 0.731. The van der Waals surface area contributed by atoms with Crippen LogP contribution in [0.5, 0.6) is 0 Å². The number of benzene rings is 1. The lowest BCUT2D eigenvalue weighted by Crippen LogP contribution is -2.32. The Morgan fingerprint density at radius 3 is 2.60 bits per heavy atom. The SMILES string of the molecule is NC(=S)CNC(=O)CCc1ccccc1. The third-order valence-electron chi connectivity index (χ3n) is 1.94. The van der Waals surface area contributed by atoms with Crippen LogP contribution in [0.15, 0.2) is 30.3 Å². The zero-order valence-electron chi connectivity index (χ0n) is 8.40. The third-order valence-corrected chi connectivity index (χ3v) is 2.09. The molecule has 0 unspecified atom stereocenters. The van der Waals surface area contributed by atoms with Crippen LogP contribution >= 0.6 is 12.2 Å². The molecule has 80 valence electrons. The number of rotatable bonds is 5. The van der Waals surface area contributed by atoms with Crippen LogP contribution in [0.2, 0.25) is 0 Å². The van der Waals surface area contributed by atoms with Crippen molar-refractivity contribution in [3.8, 4) is 0 Å². The van der Waals surface area contributed by atoms with Gasteiger partial charge in [0, 0.05) is 6.42 Å². The van der Waals surface area contributed by atoms with Gasteiger partial charge in [0.1, 0.15) is 0 Å². The van der Waals surface area contributed by atoms with Gasteiger partial charge in [-0.25, -0.2) is 0 Å². The molecule has 0 aliphatic carbocycles. The van der Waals surface area contributed by atoms with Crippen molar-refractivity contribution in [2.75, 3.05) is 6.54 Å². The normalized spacial score (nSPS) is 9.60. The maximum atomic E-state index is 11.3. The van der Waals surface area contributed by atoms with Gasteiger partial charge in [-0.15, -0.1) is 0 Å². The van der Waals surface area contributed by atoms with Crippen LogP contribution in [0.4, 0.5) is 0 Å². The first-order valence-electron chi connectivity index (χ1n) is 4.77. The van der Waals surface area contributed by atoms with Crippen molar-refractivity contribution in [2.24, 2.45) is 5.73 Å². The smallest absolute Gasteiger partial charge is 0.220 e. The van der Waals surface area contributed by atoms with Crippen molar-refractivity contribution in [2.45, 2.75) is 12.8 Å². The number of aryl methyl sites for hydroxylation is 1. The molecule has 0 radical (unpaired) electrons. The summed E-state index contributed by atoms with van der Waals surface area (Å²) in [6.45, 7) is 0.281. The predicted octanol–water partition coefficient (Wildman–Crippen LogP) is 1.02. The Labute approximate surface area is 94.7 Å². The zero-order valence-corrected chi connectivity index (χ0v) is 9.22. The molecule has 0 spiro atoms. The van der Waals surface area contributed by atoms with Gasteiger partial charge in [0.15, 0.2) is 0 Å². The molecule has 1 amide bonds. The van der Waals surface area contributed by atoms with E-state index in [1.165, 1.54) is 0 Å². The molecule has 1 rings (SSSR count). The first-order chi connectivity index (χ1) is 7.18. The Kier molecular flexibility index (Phi) is 4.77. The molecule has 0 saturated carbocycles. The molecule has 15 heavy (non-hydrogen) atoms. The summed E-state index contributed by atoms with van der Waals surface area (Å²) < 4.78 is 0. The van der Waals surface area contributed by atoms with E-state index in [-0.39, 0.29) is 12.5 Å². The minimum absolute atomic E-state index is 0.0216. The first kappa shape index (κ1) is 11.7. The summed E-state index contributed by atoms with van der Waals surface area (Å²) in [5.74, 6) is -0.0216. The van der Waals surface area contributed by atoms with Crippen LogP contribution in [0.25, 0.3) is 0 Å². The van der Waals surface area contributed by atoms with Gasteiger partial charge < -0.3 is 11.1 Å². The number of nitrogens with two attached hydrogens (primary N) is 1. The summed E-state index contributed by atoms with van der Waals surface area (Å²) in [6.07, 6.45) is 1.20. The molecule has 0 saturated heterocycles. The number of amides is 1. The Balaban J connectivity index is 2.26. The largest absolute Gasteiger partial charge is 0.392 e. The number of hydrogen-bond acceptors (Lipinski definition) is 2. The molecule has 1 aromatic rings. The molecule has 3 nitrogen and oxygen atoms in total. The monoisotopic (exact) mass is 222 g/mol. The maximum absolute atomic E-state index is 11.3. The molecule has 3 N–H and O–H groups in total. The average Bonchev–Trinajstić information content (AvgIpc) is 2.25. The van der Waals surface area contributed by atoms with Crippen molar-refractivity contribution in [3.05, 3.63) is 35.9 Å². The highest BCUT2D eigenvalue weighted by molar-refractivity contribution is 7.80. The second-order valence-electron chi connectivity index (χ2n) is 3.23. The lowest BCUT2D eigenvalue weighted by Gasteiger charge is -2.03. The Morgan fingerprint density at radius 2 is 2.00 bits per heavy atom. The summed E-state index contributed by atoms with van der Waals surface area (Å²) in [4.78, 5) is 11.6. The van der Waals surface area contributed by atoms with E-state index >= 15 is 0 Å². The van der Waals surface area contributed by atoms with Crippen LogP contribution in [0.3, 0.4) is 0 Å². The van der Waals surface area contributed by atoms with Crippen molar-refractivity contribution in [3.63, 3.8) is 0 Å². The van der Waals surface area contributed by atoms with Gasteiger partial charge in [0.2, 0.25) is 5.91 Å². The first-order valence-corrected chi connectivity index (χ1v) is 5.18. The van der Waals surface area contributed by atoms with E-state index in [9.17, 15) is 4.79 Å². The molecule has 0 aliphatic rings. The van der Waals surface area contributed by atoms with Gasteiger partial charge in [-0.05, 0) is 12.0 Å². The molecule has 0 atom stereocenters. The van der Waals surface area contributed by atoms with E-state index in [0.29, 0.717) is 11.4 Å². The number of carbonyl (C=O) groups excluding carboxylic acids is 1. The van der Waals surface area contributed by atoms with Gasteiger partial charge in [-0.2, -0.15) is 0 Å². The standard InChI is InChI=1S/C11H14N2OS/c12-10(15)8-13-11(14)7-6-9-4-2-1-3-5-9/h1-5H,6-8H2,(H2,12,15)(H,13,14). The second kappa shape index (κ2) is 6.14. The van der Waals surface area contributed by atoms with Crippen LogP contribution in [0, 0.1) is 0 Å². The fourth-order valence-corrected chi connectivity index (χ4v) is 1.25. The van der Waals surface area contributed by atoms with Gasteiger partial charge in [0.05, 0.1) is 11.5 Å². The number of carbonyl (C=O) groups is 1. The predicted molar refractivity (Wildman–Crippen MR) is 64.6 cm³/mol. The molecule has 0 bridgehead atoms. The number of hydrogen-bond donors (Lipinski definition) is 2. The topological polar surface area (TPSA) is 55.1 Å². The van der Waals surface area contributed by atoms with E-state index in [4.69, 9.17) is 5.73 Å². The van der Waals surface area contributed by atoms with Crippen LogP contribution < -0.4 is 11.1 Å². The van der Waals surface area contributed by atoms with Gasteiger partial charge in [-0.1, -0.05) is 42.5 Å². The lowest BCUT2D eigenvalue weighted by molar-refractivity contribution is -0.120. The summed E-state index contributed by atoms with van der Waals surface area (Å²) in [7, 11) is 0. The summed E-state index contributed by atoms with van der Waals surface area (Å²) in [5, 5.41) is 2.65. The third kappa shape index (κ3) is 5.12. The van der Waals surface area contributed by atoms with E-state index in [1.54, 1.807) is 0 Å². The van der Waals surface area contributed by atoms with Gasteiger partial charge in [0.25, 0.3) is 0 Å². The van der Waals surface area contributed by atoms with Crippen molar-refractivity contribution in [1.29, 1.82) is 0 Å². The molecule has 0 fully saturated rings. The number of thiocarbonyl (C=S) groups is 1. The van der Waals surface area contributed by atoms with E-state index < -0.39 is 0 Å². The zero-order chi connectivity index (χ0) is 11.1. The summed E-state index contributed by atoms with van der Waals surface area (Å²) in [6, 6.07) is 9.88. The minimum atomic E-state index is -0.0216. The van der Waals surface area contributed by atoms with Crippen molar-refractivity contribution < 1.29 is 4.79 Å². The highest BCUT2D eigenvalue weighted by atomic mass is 32.1. The van der Waals surface area contributed by atoms with E-state index in [0.717, 1.165) is 12.0 Å². The fraction of sp³-hybridized carbons (Fsp3) is 0.273. The highest BCUT2D eigenvalue weighted by Crippen LogP contribution is 2.01. The summed E-state index contributed by atoms with van der Waals surface area (Å²) >= 11 is 4.65. The average molecular weight is 222 g/mol. The van der Waals surface area contributed by atoms with E-state index in [2.05, 4.69) is 17.5 Å². The second-order valence-corrected chi connectivity index (χ2v) is 3.75. The van der Waals surface area contributed by atoms with Gasteiger partial charge in [-0.3, -0.25) is 4.79 Å². The molecular formula is C11H14N2OS. The van der Waals surface area contributed by atoms with Crippen molar-refractivity contribution >= 4 is 23.1 Å². The lowest BCUT2D eigenvalue weighted by atomic mass is 10.1. The van der Waals surface area contributed by atoms with Gasteiger partial charge >= 0.3 is 0 Å². The Morgan fingerprint density at radius 1 is 1.33 bits per heavy atom. The van der Waals surface area contributed by atoms with Crippen molar-refractivity contribution in [1.82, 2.24) is 5.32 Å². The molecule has 0 aliphatic heterocycles. The molecule has 0 aromatic heterocycles. The van der Waals surface area contributed by atoms with Crippen LogP contribution in [0.1, 0.15) is 12.0 Å². The molecule has 0 heterocycles. The van der Waals surface area contributed by atoms with Crippen LogP contribution in [-0.4, -0.2) is 17.4 Å². The molecule has 4 heteroatoms. The van der Waals surface area contributed by atoms with E-state index in [1.807, 2.05) is 30.3 Å². The highest BCUT2D eigenvalue weighted by Gasteiger charge is 2.01. The minimum Gasteiger partial charge on any atom is -0.392 e. The molecular weight excluding hydrogens is 208 g/mol. The number of nitrogens with one attached hydrogen (secondary N) is 1.